The summed E-state index contributed by atoms with van der Waals surface area (Å²) in [4.78, 5) is 0. The highest BCUT2D eigenvalue weighted by Crippen LogP contribution is 2.40. The van der Waals surface area contributed by atoms with Gasteiger partial charge in [-0.1, -0.05) is 81.5 Å². The van der Waals surface area contributed by atoms with Gasteiger partial charge in [-0.2, -0.15) is 0 Å². The predicted octanol–water partition coefficient (Wildman–Crippen LogP) is 5.88. The molecular weight excluding hydrogens is 312 g/mol. The minimum absolute atomic E-state index is 0.0141. The molecule has 2 rings (SSSR count). The van der Waals surface area contributed by atoms with Gasteiger partial charge in [0.1, 0.15) is 0 Å². The normalized spacial score (nSPS) is 13.3. The fraction of sp³-hybridized carbons (Fsp3) is 0.545. The highest BCUT2D eigenvalue weighted by atomic mass is 16.9. The van der Waals surface area contributed by atoms with Crippen LogP contribution < -0.4 is 0 Å². The van der Waals surface area contributed by atoms with Crippen LogP contribution in [0.4, 0.5) is 0 Å². The molecule has 1 unspecified atom stereocenters. The summed E-state index contributed by atoms with van der Waals surface area (Å²) in [6.07, 6.45) is 7.15. The van der Waals surface area contributed by atoms with Gasteiger partial charge in [-0.3, -0.25) is 0 Å². The van der Waals surface area contributed by atoms with E-state index >= 15 is 0 Å². The maximum absolute atomic E-state index is 5.74. The van der Waals surface area contributed by atoms with Crippen LogP contribution in [-0.2, 0) is 14.2 Å². The van der Waals surface area contributed by atoms with E-state index in [2.05, 4.69) is 49.4 Å². The molecule has 2 aromatic carbocycles. The van der Waals surface area contributed by atoms with Gasteiger partial charge in [0.25, 0.3) is 5.97 Å². The van der Waals surface area contributed by atoms with Crippen LogP contribution in [-0.4, -0.2) is 27.3 Å². The lowest BCUT2D eigenvalue weighted by Crippen LogP contribution is -2.42. The minimum Gasteiger partial charge on any atom is -0.330 e. The summed E-state index contributed by atoms with van der Waals surface area (Å²) in [5.74, 6) is -1.05. The maximum Gasteiger partial charge on any atom is 0.289 e. The van der Waals surface area contributed by atoms with Gasteiger partial charge in [-0.25, -0.2) is 0 Å². The van der Waals surface area contributed by atoms with Gasteiger partial charge in [0.2, 0.25) is 0 Å². The highest BCUT2D eigenvalue weighted by Gasteiger charge is 2.41. The van der Waals surface area contributed by atoms with Crippen molar-refractivity contribution in [2.75, 3.05) is 21.3 Å². The van der Waals surface area contributed by atoms with Crippen molar-refractivity contribution in [3.63, 3.8) is 0 Å². The van der Waals surface area contributed by atoms with Crippen molar-refractivity contribution in [3.05, 3.63) is 48.0 Å². The Bertz CT molecular complexity index is 620. The van der Waals surface area contributed by atoms with Crippen LogP contribution in [0, 0.1) is 0 Å². The lowest BCUT2D eigenvalue weighted by atomic mass is 9.87. The van der Waals surface area contributed by atoms with Gasteiger partial charge in [0.15, 0.2) is 0 Å². The van der Waals surface area contributed by atoms with Gasteiger partial charge in [0.05, 0.1) is 5.92 Å². The summed E-state index contributed by atoms with van der Waals surface area (Å²) < 4.78 is 17.2. The molecular formula is C22H32O3. The second kappa shape index (κ2) is 9.91. The third-order valence-electron chi connectivity index (χ3n) is 5.08. The third-order valence-corrected chi connectivity index (χ3v) is 5.08. The Balaban J connectivity index is 2.35. The predicted molar refractivity (Wildman–Crippen MR) is 104 cm³/mol. The molecule has 0 fully saturated rings. The topological polar surface area (TPSA) is 27.7 Å². The molecule has 0 amide bonds. The molecule has 0 aliphatic heterocycles. The standard InChI is InChI=1S/C22H32O3/c1-5-6-7-8-9-17-21(22(23-2,24-3)25-4)20-16-12-14-18-13-10-11-15-19(18)20/h10-16,21H,5-9,17H2,1-4H3. The van der Waals surface area contributed by atoms with Crippen molar-refractivity contribution < 1.29 is 14.2 Å². The zero-order chi connectivity index (χ0) is 18.1. The zero-order valence-corrected chi connectivity index (χ0v) is 16.1. The molecule has 0 radical (unpaired) electrons. The summed E-state index contributed by atoms with van der Waals surface area (Å²) in [5, 5.41) is 2.47. The van der Waals surface area contributed by atoms with Crippen molar-refractivity contribution in [2.45, 2.75) is 57.3 Å². The van der Waals surface area contributed by atoms with E-state index in [1.165, 1.54) is 42.0 Å². The number of methoxy groups -OCH3 is 3. The first-order valence-electron chi connectivity index (χ1n) is 9.35. The Kier molecular flexibility index (Phi) is 7.89. The summed E-state index contributed by atoms with van der Waals surface area (Å²) in [5.41, 5.74) is 1.22. The highest BCUT2D eigenvalue weighted by molar-refractivity contribution is 5.86. The van der Waals surface area contributed by atoms with Crippen LogP contribution in [0.2, 0.25) is 0 Å². The third kappa shape index (κ3) is 4.60. The Morgan fingerprint density at radius 2 is 1.44 bits per heavy atom. The number of benzene rings is 2. The Labute approximate surface area is 152 Å². The second-order valence-corrected chi connectivity index (χ2v) is 6.54. The molecule has 0 aliphatic carbocycles. The van der Waals surface area contributed by atoms with E-state index < -0.39 is 5.97 Å². The van der Waals surface area contributed by atoms with Crippen molar-refractivity contribution in [1.29, 1.82) is 0 Å². The fourth-order valence-corrected chi connectivity index (χ4v) is 3.71. The van der Waals surface area contributed by atoms with Gasteiger partial charge < -0.3 is 14.2 Å². The second-order valence-electron chi connectivity index (χ2n) is 6.54. The average molecular weight is 344 g/mol. The zero-order valence-electron chi connectivity index (χ0n) is 16.1. The molecule has 0 N–H and O–H groups in total. The molecule has 0 aromatic heterocycles. The van der Waals surface area contributed by atoms with Gasteiger partial charge in [0, 0.05) is 21.3 Å². The first kappa shape index (κ1) is 19.9. The fourth-order valence-electron chi connectivity index (χ4n) is 3.71. The van der Waals surface area contributed by atoms with Crippen molar-refractivity contribution in [2.24, 2.45) is 0 Å². The molecule has 0 bridgehead atoms. The summed E-state index contributed by atoms with van der Waals surface area (Å²) >= 11 is 0. The van der Waals surface area contributed by atoms with Gasteiger partial charge >= 0.3 is 0 Å². The number of ether oxygens (including phenoxy) is 3. The summed E-state index contributed by atoms with van der Waals surface area (Å²) in [7, 11) is 4.96. The Morgan fingerprint density at radius 3 is 2.12 bits per heavy atom. The molecule has 0 saturated carbocycles. The molecule has 0 heterocycles. The number of fused-ring (bicyclic) bond motifs is 1. The molecule has 0 spiro atoms. The molecule has 25 heavy (non-hydrogen) atoms. The van der Waals surface area contributed by atoms with Crippen LogP contribution in [0.3, 0.4) is 0 Å². The maximum atomic E-state index is 5.74. The molecule has 3 nitrogen and oxygen atoms in total. The summed E-state index contributed by atoms with van der Waals surface area (Å²) in [6.45, 7) is 2.24. The molecule has 0 saturated heterocycles. The quantitative estimate of drug-likeness (QED) is 0.376. The molecule has 0 aliphatic rings. The lowest BCUT2D eigenvalue weighted by Gasteiger charge is -2.37. The van der Waals surface area contributed by atoms with E-state index in [9.17, 15) is 0 Å². The van der Waals surface area contributed by atoms with Crippen LogP contribution >= 0.6 is 0 Å². The lowest BCUT2D eigenvalue weighted by molar-refractivity contribution is -0.365. The number of hydrogen-bond donors (Lipinski definition) is 0. The Hall–Kier alpha value is -1.42. The van der Waals surface area contributed by atoms with Crippen LogP contribution in [0.25, 0.3) is 10.8 Å². The van der Waals surface area contributed by atoms with Crippen LogP contribution in [0.15, 0.2) is 42.5 Å². The number of hydrogen-bond acceptors (Lipinski definition) is 3. The van der Waals surface area contributed by atoms with Crippen molar-refractivity contribution in [3.8, 4) is 0 Å². The molecule has 2 aromatic rings. The van der Waals surface area contributed by atoms with Crippen LogP contribution in [0.5, 0.6) is 0 Å². The number of rotatable bonds is 11. The SMILES string of the molecule is CCCCCCCC(c1cccc2ccccc12)C(OC)(OC)OC. The molecule has 138 valence electrons. The average Bonchev–Trinajstić information content (AvgIpc) is 2.67. The van der Waals surface area contributed by atoms with E-state index in [4.69, 9.17) is 14.2 Å². The van der Waals surface area contributed by atoms with E-state index in [1.807, 2.05) is 0 Å². The first-order chi connectivity index (χ1) is 12.2. The van der Waals surface area contributed by atoms with E-state index in [0.717, 1.165) is 12.8 Å². The minimum atomic E-state index is -1.06. The monoisotopic (exact) mass is 344 g/mol. The molecule has 1 atom stereocenters. The number of unbranched alkanes of at least 4 members (excludes halogenated alkanes) is 4. The molecule has 3 heteroatoms. The van der Waals surface area contributed by atoms with E-state index in [-0.39, 0.29) is 5.92 Å². The van der Waals surface area contributed by atoms with Gasteiger partial charge in [-0.15, -0.1) is 0 Å². The largest absolute Gasteiger partial charge is 0.330 e. The first-order valence-corrected chi connectivity index (χ1v) is 9.35. The van der Waals surface area contributed by atoms with Crippen molar-refractivity contribution in [1.82, 2.24) is 0 Å². The van der Waals surface area contributed by atoms with Crippen molar-refractivity contribution >= 4 is 10.8 Å². The van der Waals surface area contributed by atoms with E-state index in [1.54, 1.807) is 21.3 Å². The van der Waals surface area contributed by atoms with Gasteiger partial charge in [-0.05, 0) is 22.8 Å². The smallest absolute Gasteiger partial charge is 0.289 e. The van der Waals surface area contributed by atoms with E-state index in [0.29, 0.717) is 0 Å². The Morgan fingerprint density at radius 1 is 0.800 bits per heavy atom. The summed E-state index contributed by atoms with van der Waals surface area (Å²) in [6, 6.07) is 14.9. The van der Waals surface area contributed by atoms with Crippen LogP contribution in [0.1, 0.15) is 56.9 Å².